The maximum absolute atomic E-state index is 12.6. The number of nitrogens with one attached hydrogen (secondary N) is 1. The number of pyridine rings is 1. The van der Waals surface area contributed by atoms with Gasteiger partial charge in [-0.15, -0.1) is 0 Å². The molecule has 1 amide bonds. The van der Waals surface area contributed by atoms with Gasteiger partial charge in [0, 0.05) is 23.6 Å². The summed E-state index contributed by atoms with van der Waals surface area (Å²) in [5, 5.41) is 2.85. The first kappa shape index (κ1) is 17.9. The molecule has 3 aromatic heterocycles. The van der Waals surface area contributed by atoms with Crippen LogP contribution in [0.5, 0.6) is 0 Å². The van der Waals surface area contributed by atoms with E-state index < -0.39 is 5.76 Å². The first-order valence-corrected chi connectivity index (χ1v) is 9.51. The summed E-state index contributed by atoms with van der Waals surface area (Å²) in [6.07, 6.45) is 3.92. The number of oxazole rings is 1. The van der Waals surface area contributed by atoms with Crippen LogP contribution in [0.4, 0.5) is 5.69 Å². The fourth-order valence-corrected chi connectivity index (χ4v) is 3.49. The molecule has 30 heavy (non-hydrogen) atoms. The zero-order valence-corrected chi connectivity index (χ0v) is 16.2. The van der Waals surface area contributed by atoms with Crippen molar-refractivity contribution >= 4 is 28.3 Å². The van der Waals surface area contributed by atoms with Gasteiger partial charge in [-0.25, -0.2) is 9.78 Å². The van der Waals surface area contributed by atoms with Crippen LogP contribution in [0.25, 0.3) is 28.0 Å². The van der Waals surface area contributed by atoms with Crippen molar-refractivity contribution < 1.29 is 9.21 Å². The third-order valence-corrected chi connectivity index (χ3v) is 4.93. The smallest absolute Gasteiger partial charge is 0.408 e. The van der Waals surface area contributed by atoms with Crippen LogP contribution < -0.4 is 11.1 Å². The number of aromatic nitrogens is 3. The molecule has 0 aliphatic carbocycles. The van der Waals surface area contributed by atoms with Gasteiger partial charge in [-0.2, -0.15) is 0 Å². The zero-order valence-electron chi connectivity index (χ0n) is 16.2. The summed E-state index contributed by atoms with van der Waals surface area (Å²) >= 11 is 0. The molecule has 0 spiro atoms. The average molecular weight is 398 g/mol. The second kappa shape index (κ2) is 7.04. The van der Waals surface area contributed by atoms with E-state index in [2.05, 4.69) is 10.3 Å². The summed E-state index contributed by atoms with van der Waals surface area (Å²) in [5.74, 6) is -0.869. The Bertz CT molecular complexity index is 1460. The lowest BCUT2D eigenvalue weighted by Crippen LogP contribution is -2.24. The molecule has 0 radical (unpaired) electrons. The van der Waals surface area contributed by atoms with Crippen molar-refractivity contribution in [1.82, 2.24) is 14.0 Å². The Kier molecular flexibility index (Phi) is 4.21. The predicted octanol–water partition coefficient (Wildman–Crippen LogP) is 3.86. The molecule has 5 aromatic rings. The SMILES string of the molecule is Cc1ccn2cc(-c3cccc(NC(=O)Cn4c(=O)oc5ccccc54)c3)nc2c1. The fourth-order valence-electron chi connectivity index (χ4n) is 3.49. The number of imidazole rings is 1. The normalized spacial score (nSPS) is 11.2. The van der Waals surface area contributed by atoms with Gasteiger partial charge in [0.15, 0.2) is 5.58 Å². The van der Waals surface area contributed by atoms with Gasteiger partial charge in [0.2, 0.25) is 5.91 Å². The Labute approximate surface area is 171 Å². The van der Waals surface area contributed by atoms with Gasteiger partial charge in [0.05, 0.1) is 11.2 Å². The minimum atomic E-state index is -0.555. The van der Waals surface area contributed by atoms with Crippen molar-refractivity contribution in [3.63, 3.8) is 0 Å². The van der Waals surface area contributed by atoms with Gasteiger partial charge < -0.3 is 14.1 Å². The Morgan fingerprint density at radius 3 is 2.87 bits per heavy atom. The van der Waals surface area contributed by atoms with Gasteiger partial charge in [-0.1, -0.05) is 24.3 Å². The summed E-state index contributed by atoms with van der Waals surface area (Å²) in [6, 6.07) is 18.5. The van der Waals surface area contributed by atoms with Crippen LogP contribution in [-0.4, -0.2) is 19.9 Å². The first-order chi connectivity index (χ1) is 14.6. The lowest BCUT2D eigenvalue weighted by atomic mass is 10.1. The number of rotatable bonds is 4. The van der Waals surface area contributed by atoms with Gasteiger partial charge in [-0.05, 0) is 48.9 Å². The summed E-state index contributed by atoms with van der Waals surface area (Å²) in [5.41, 5.74) is 5.39. The zero-order chi connectivity index (χ0) is 20.7. The third kappa shape index (κ3) is 3.26. The molecule has 5 rings (SSSR count). The minimum absolute atomic E-state index is 0.131. The van der Waals surface area contributed by atoms with Crippen LogP contribution in [0.1, 0.15) is 5.56 Å². The van der Waals surface area contributed by atoms with E-state index in [1.165, 1.54) is 4.57 Å². The number of aryl methyl sites for hydroxylation is 1. The van der Waals surface area contributed by atoms with Crippen molar-refractivity contribution in [2.24, 2.45) is 0 Å². The molecule has 0 bridgehead atoms. The van der Waals surface area contributed by atoms with Crippen LogP contribution in [0.15, 0.2) is 82.3 Å². The third-order valence-electron chi connectivity index (χ3n) is 4.93. The molecule has 3 heterocycles. The molecule has 148 valence electrons. The number of carbonyl (C=O) groups excluding carboxylic acids is 1. The molecule has 0 saturated heterocycles. The van der Waals surface area contributed by atoms with E-state index in [4.69, 9.17) is 4.42 Å². The molecule has 7 heteroatoms. The number of anilines is 1. The second-order valence-electron chi connectivity index (χ2n) is 7.15. The Morgan fingerprint density at radius 1 is 1.10 bits per heavy atom. The largest absolute Gasteiger partial charge is 0.420 e. The Balaban J connectivity index is 1.39. The van der Waals surface area contributed by atoms with Crippen LogP contribution in [0, 0.1) is 6.92 Å². The summed E-state index contributed by atoms with van der Waals surface area (Å²) in [6.45, 7) is 1.90. The van der Waals surface area contributed by atoms with E-state index >= 15 is 0 Å². The van der Waals surface area contributed by atoms with Gasteiger partial charge in [-0.3, -0.25) is 9.36 Å². The molecular weight excluding hydrogens is 380 g/mol. The second-order valence-corrected chi connectivity index (χ2v) is 7.15. The quantitative estimate of drug-likeness (QED) is 0.498. The standard InChI is InChI=1S/C23H18N4O3/c1-15-9-10-26-13-18(25-21(26)11-15)16-5-4-6-17(12-16)24-22(28)14-27-19-7-2-3-8-20(19)30-23(27)29/h2-13H,14H2,1H3,(H,24,28). The Morgan fingerprint density at radius 2 is 1.97 bits per heavy atom. The van der Waals surface area contributed by atoms with E-state index in [1.54, 1.807) is 30.3 Å². The number of fused-ring (bicyclic) bond motifs is 2. The molecule has 0 unspecified atom stereocenters. The van der Waals surface area contributed by atoms with Crippen molar-refractivity contribution in [2.75, 3.05) is 5.32 Å². The number of nitrogens with zero attached hydrogens (tertiary/aromatic N) is 3. The van der Waals surface area contributed by atoms with E-state index in [0.717, 1.165) is 22.5 Å². The fraction of sp³-hybridized carbons (Fsp3) is 0.0870. The molecule has 0 saturated carbocycles. The van der Waals surface area contributed by atoms with Crippen molar-refractivity contribution in [1.29, 1.82) is 0 Å². The maximum Gasteiger partial charge on any atom is 0.420 e. The van der Waals surface area contributed by atoms with Crippen LogP contribution in [-0.2, 0) is 11.3 Å². The lowest BCUT2D eigenvalue weighted by Gasteiger charge is -2.07. The molecule has 2 aromatic carbocycles. The molecule has 0 fully saturated rings. The highest BCUT2D eigenvalue weighted by molar-refractivity contribution is 5.92. The average Bonchev–Trinajstić information content (AvgIpc) is 3.29. The molecule has 1 N–H and O–H groups in total. The van der Waals surface area contributed by atoms with E-state index in [9.17, 15) is 9.59 Å². The highest BCUT2D eigenvalue weighted by atomic mass is 16.4. The number of para-hydroxylation sites is 2. The van der Waals surface area contributed by atoms with Gasteiger partial charge in [0.25, 0.3) is 0 Å². The molecule has 0 aliphatic heterocycles. The number of benzene rings is 2. The number of hydrogen-bond donors (Lipinski definition) is 1. The first-order valence-electron chi connectivity index (χ1n) is 9.51. The van der Waals surface area contributed by atoms with E-state index in [1.807, 2.05) is 54.0 Å². The van der Waals surface area contributed by atoms with Gasteiger partial charge >= 0.3 is 5.76 Å². The minimum Gasteiger partial charge on any atom is -0.408 e. The summed E-state index contributed by atoms with van der Waals surface area (Å²) < 4.78 is 8.46. The summed E-state index contributed by atoms with van der Waals surface area (Å²) in [7, 11) is 0. The van der Waals surface area contributed by atoms with E-state index in [0.29, 0.717) is 16.8 Å². The van der Waals surface area contributed by atoms with Gasteiger partial charge in [0.1, 0.15) is 12.2 Å². The molecule has 7 nitrogen and oxygen atoms in total. The van der Waals surface area contributed by atoms with Crippen LogP contribution in [0.3, 0.4) is 0 Å². The van der Waals surface area contributed by atoms with Crippen LogP contribution >= 0.6 is 0 Å². The molecule has 0 aliphatic rings. The summed E-state index contributed by atoms with van der Waals surface area (Å²) in [4.78, 5) is 29.3. The number of carbonyl (C=O) groups is 1. The highest BCUT2D eigenvalue weighted by Crippen LogP contribution is 2.23. The van der Waals surface area contributed by atoms with Crippen molar-refractivity contribution in [3.8, 4) is 11.3 Å². The number of hydrogen-bond acceptors (Lipinski definition) is 4. The van der Waals surface area contributed by atoms with E-state index in [-0.39, 0.29) is 12.5 Å². The number of amides is 1. The van der Waals surface area contributed by atoms with Crippen LogP contribution in [0.2, 0.25) is 0 Å². The molecular formula is C23H18N4O3. The van der Waals surface area contributed by atoms with Crippen molar-refractivity contribution in [2.45, 2.75) is 13.5 Å². The lowest BCUT2D eigenvalue weighted by molar-refractivity contribution is -0.116. The van der Waals surface area contributed by atoms with Crippen molar-refractivity contribution in [3.05, 3.63) is 89.2 Å². The molecule has 0 atom stereocenters. The topological polar surface area (TPSA) is 81.5 Å². The monoisotopic (exact) mass is 398 g/mol. The maximum atomic E-state index is 12.6. The highest BCUT2D eigenvalue weighted by Gasteiger charge is 2.13. The Hall–Kier alpha value is -4.13. The predicted molar refractivity (Wildman–Crippen MR) is 114 cm³/mol.